The Morgan fingerprint density at radius 3 is 2.58 bits per heavy atom. The zero-order valence-corrected chi connectivity index (χ0v) is 17.1. The zero-order chi connectivity index (χ0) is 22.4. The van der Waals surface area contributed by atoms with Crippen LogP contribution in [-0.4, -0.2) is 40.4 Å². The predicted molar refractivity (Wildman–Crippen MR) is 107 cm³/mol. The fraction of sp³-hybridized carbons (Fsp3) is 0.421. The summed E-state index contributed by atoms with van der Waals surface area (Å²) < 4.78 is 64.9. The molecule has 1 amide bonds. The lowest BCUT2D eigenvalue weighted by Crippen LogP contribution is -2.53. The van der Waals surface area contributed by atoms with Crippen LogP contribution in [0.15, 0.2) is 35.5 Å². The minimum atomic E-state index is -3.66. The van der Waals surface area contributed by atoms with E-state index in [2.05, 4.69) is 15.4 Å². The summed E-state index contributed by atoms with van der Waals surface area (Å²) in [5.41, 5.74) is 5.91. The van der Waals surface area contributed by atoms with Crippen molar-refractivity contribution < 1.29 is 26.4 Å². The molecule has 1 aliphatic carbocycles. The molecule has 2 heterocycles. The number of halogens is 3. The first-order valence-corrected chi connectivity index (χ1v) is 11.3. The number of alkyl halides is 2. The molecule has 0 saturated heterocycles. The fourth-order valence-corrected chi connectivity index (χ4v) is 6.43. The number of sulfone groups is 1. The van der Waals surface area contributed by atoms with Gasteiger partial charge in [0.25, 0.3) is 5.91 Å². The van der Waals surface area contributed by atoms with Crippen molar-refractivity contribution in [2.45, 2.75) is 43.0 Å². The second-order valence-electron chi connectivity index (χ2n) is 7.66. The van der Waals surface area contributed by atoms with Gasteiger partial charge < -0.3 is 11.1 Å². The first-order chi connectivity index (χ1) is 14.6. The van der Waals surface area contributed by atoms with Crippen molar-refractivity contribution in [3.63, 3.8) is 0 Å². The molecule has 1 unspecified atom stereocenters. The number of rotatable bonds is 4. The van der Waals surface area contributed by atoms with E-state index in [9.17, 15) is 26.4 Å². The van der Waals surface area contributed by atoms with Crippen molar-refractivity contribution in [1.82, 2.24) is 9.78 Å². The molecule has 31 heavy (non-hydrogen) atoms. The molecule has 4 rings (SSSR count). The van der Waals surface area contributed by atoms with Gasteiger partial charge >= 0.3 is 6.55 Å². The molecule has 2 aromatic rings. The van der Waals surface area contributed by atoms with Crippen LogP contribution in [0.2, 0.25) is 0 Å². The minimum Gasteiger partial charge on any atom is -0.386 e. The topological polar surface area (TPSA) is 119 Å². The largest absolute Gasteiger partial charge is 0.386 e. The van der Waals surface area contributed by atoms with Crippen LogP contribution in [0.25, 0.3) is 0 Å². The summed E-state index contributed by atoms with van der Waals surface area (Å²) in [7, 11) is -3.66. The highest BCUT2D eigenvalue weighted by atomic mass is 32.2. The van der Waals surface area contributed by atoms with Crippen LogP contribution in [0.4, 0.5) is 18.9 Å². The van der Waals surface area contributed by atoms with Crippen molar-refractivity contribution in [2.75, 3.05) is 11.1 Å². The first kappa shape index (κ1) is 21.3. The summed E-state index contributed by atoms with van der Waals surface area (Å²) in [4.78, 5) is 16.6. The second-order valence-corrected chi connectivity index (χ2v) is 10.0. The maximum atomic E-state index is 14.5. The van der Waals surface area contributed by atoms with E-state index in [1.807, 2.05) is 0 Å². The van der Waals surface area contributed by atoms with Gasteiger partial charge in [0.15, 0.2) is 15.5 Å². The van der Waals surface area contributed by atoms with Crippen molar-refractivity contribution in [3.8, 4) is 0 Å². The molecule has 1 aromatic heterocycles. The summed E-state index contributed by atoms with van der Waals surface area (Å²) in [5.74, 6) is -1.87. The fourth-order valence-electron chi connectivity index (χ4n) is 4.16. The van der Waals surface area contributed by atoms with E-state index in [1.165, 1.54) is 12.1 Å². The summed E-state index contributed by atoms with van der Waals surface area (Å²) >= 11 is 0. The van der Waals surface area contributed by atoms with Gasteiger partial charge in [-0.25, -0.2) is 17.5 Å². The number of nitrogens with two attached hydrogens (primary N) is 1. The molecule has 1 aliphatic heterocycles. The van der Waals surface area contributed by atoms with Crippen molar-refractivity contribution >= 4 is 27.3 Å². The Morgan fingerprint density at radius 1 is 1.26 bits per heavy atom. The molecule has 12 heteroatoms. The normalized spacial score (nSPS) is 21.9. The molecule has 1 spiro atoms. The Balaban J connectivity index is 1.61. The number of carbonyl (C=O) groups is 1. The van der Waals surface area contributed by atoms with Gasteiger partial charge in [-0.05, 0) is 37.1 Å². The van der Waals surface area contributed by atoms with E-state index >= 15 is 0 Å². The average molecular weight is 455 g/mol. The molecule has 166 valence electrons. The van der Waals surface area contributed by atoms with Crippen LogP contribution in [-0.2, 0) is 9.84 Å². The number of nitrogens with one attached hydrogen (secondary N) is 1. The van der Waals surface area contributed by atoms with Crippen LogP contribution in [0, 0.1) is 5.82 Å². The number of hydrogen-bond acceptors (Lipinski definition) is 6. The molecule has 2 aliphatic rings. The van der Waals surface area contributed by atoms with E-state index < -0.39 is 38.9 Å². The van der Waals surface area contributed by atoms with Crippen molar-refractivity contribution in [2.24, 2.45) is 10.7 Å². The van der Waals surface area contributed by atoms with E-state index in [1.54, 1.807) is 0 Å². The molecule has 1 fully saturated rings. The van der Waals surface area contributed by atoms with Crippen LogP contribution < -0.4 is 11.1 Å². The van der Waals surface area contributed by atoms with Gasteiger partial charge in [0, 0.05) is 17.4 Å². The standard InChI is InChI=1S/C19H20F3N5O3S/c20-13-4-3-11(24-16(28)14-5-8-27(26-14)18(21)22)9-12(13)15-10-31(29,30)19(17(23)25-15)6-1-2-7-19/h3-5,8-9,15,18H,1-2,6-7,10H2,(H2,23,25)(H,24,28). The predicted octanol–water partition coefficient (Wildman–Crippen LogP) is 2.81. The smallest absolute Gasteiger partial charge is 0.333 e. The Labute approximate surface area is 176 Å². The third-order valence-corrected chi connectivity index (χ3v) is 8.36. The van der Waals surface area contributed by atoms with Gasteiger partial charge in [0.2, 0.25) is 0 Å². The molecule has 0 radical (unpaired) electrons. The van der Waals surface area contributed by atoms with Crippen LogP contribution in [0.3, 0.4) is 0 Å². The molecular weight excluding hydrogens is 435 g/mol. The van der Waals surface area contributed by atoms with E-state index in [-0.39, 0.29) is 28.5 Å². The van der Waals surface area contributed by atoms with E-state index in [0.29, 0.717) is 17.5 Å². The minimum absolute atomic E-state index is 0.00683. The SMILES string of the molecule is NC1=NC(c2cc(NC(=O)c3ccn(C(F)F)n3)ccc2F)CS(=O)(=O)C12CCCC2. The van der Waals surface area contributed by atoms with Gasteiger partial charge in [0.1, 0.15) is 16.4 Å². The maximum Gasteiger partial charge on any atom is 0.333 e. The second kappa shape index (κ2) is 7.66. The Hall–Kier alpha value is -2.89. The van der Waals surface area contributed by atoms with Gasteiger partial charge in [-0.1, -0.05) is 12.8 Å². The number of aromatic nitrogens is 2. The number of benzene rings is 1. The van der Waals surface area contributed by atoms with Crippen molar-refractivity contribution in [3.05, 3.63) is 47.5 Å². The van der Waals surface area contributed by atoms with E-state index in [4.69, 9.17) is 5.73 Å². The van der Waals surface area contributed by atoms with Gasteiger partial charge in [0.05, 0.1) is 11.8 Å². The molecule has 1 aromatic carbocycles. The van der Waals surface area contributed by atoms with E-state index in [0.717, 1.165) is 31.2 Å². The summed E-state index contributed by atoms with van der Waals surface area (Å²) in [6.45, 7) is -2.89. The molecule has 3 N–H and O–H groups in total. The van der Waals surface area contributed by atoms with Gasteiger partial charge in [-0.3, -0.25) is 9.79 Å². The van der Waals surface area contributed by atoms with Crippen LogP contribution in [0.5, 0.6) is 0 Å². The number of nitrogens with zero attached hydrogens (tertiary/aromatic N) is 3. The highest BCUT2D eigenvalue weighted by Crippen LogP contribution is 2.43. The lowest BCUT2D eigenvalue weighted by Gasteiger charge is -2.34. The third-order valence-electron chi connectivity index (χ3n) is 5.80. The lowest BCUT2D eigenvalue weighted by atomic mass is 10.0. The van der Waals surface area contributed by atoms with Gasteiger partial charge in [-0.15, -0.1) is 0 Å². The monoisotopic (exact) mass is 455 g/mol. The lowest BCUT2D eigenvalue weighted by molar-refractivity contribution is 0.0561. The Bertz CT molecular complexity index is 1160. The van der Waals surface area contributed by atoms with Crippen molar-refractivity contribution in [1.29, 1.82) is 0 Å². The highest BCUT2D eigenvalue weighted by Gasteiger charge is 2.52. The van der Waals surface area contributed by atoms with Crippen LogP contribution >= 0.6 is 0 Å². The Morgan fingerprint density at radius 2 is 1.97 bits per heavy atom. The third kappa shape index (κ3) is 3.68. The maximum absolute atomic E-state index is 14.5. The van der Waals surface area contributed by atoms with Gasteiger partial charge in [-0.2, -0.15) is 13.9 Å². The molecule has 0 bridgehead atoms. The number of aliphatic imine (C=N–C) groups is 1. The zero-order valence-electron chi connectivity index (χ0n) is 16.3. The average Bonchev–Trinajstić information content (AvgIpc) is 3.38. The highest BCUT2D eigenvalue weighted by molar-refractivity contribution is 7.93. The van der Waals surface area contributed by atoms with Crippen LogP contribution in [0.1, 0.15) is 54.3 Å². The number of amidine groups is 1. The number of hydrogen-bond donors (Lipinski definition) is 2. The quantitative estimate of drug-likeness (QED) is 0.735. The molecule has 1 saturated carbocycles. The molecule has 1 atom stereocenters. The Kier molecular flexibility index (Phi) is 5.28. The summed E-state index contributed by atoms with van der Waals surface area (Å²) in [5, 5.41) is 5.91. The first-order valence-electron chi connectivity index (χ1n) is 9.63. The number of anilines is 1. The summed E-state index contributed by atoms with van der Waals surface area (Å²) in [6.07, 6.45) is 3.23. The molecule has 8 nitrogen and oxygen atoms in total. The number of amides is 1. The summed E-state index contributed by atoms with van der Waals surface area (Å²) in [6, 6.07) is 3.67. The molecular formula is C19H20F3N5O3S. The number of carbonyl (C=O) groups excluding carboxylic acids is 1.